The average molecular weight is 1890 g/mol. The third-order valence-corrected chi connectivity index (χ3v) is 24.9. The van der Waals surface area contributed by atoms with Gasteiger partial charge in [-0.1, -0.05) is 84.9 Å². The van der Waals surface area contributed by atoms with E-state index in [0.29, 0.717) is 186 Å². The number of methoxy groups -OCH3 is 3. The molecule has 0 bridgehead atoms. The molecule has 24 aromatic rings. The molecule has 12 aromatic heterocycles. The van der Waals surface area contributed by atoms with E-state index in [1.165, 1.54) is 60.8 Å². The third kappa shape index (κ3) is 17.1. The van der Waals surface area contributed by atoms with Crippen molar-refractivity contribution in [3.8, 4) is 119 Å². The Labute approximate surface area is 808 Å². The monoisotopic (exact) mass is 1890 g/mol. The van der Waals surface area contributed by atoms with Crippen molar-refractivity contribution < 1.29 is 70.6 Å². The minimum Gasteiger partial charge on any atom is -0.504 e. The lowest BCUT2D eigenvalue weighted by Crippen LogP contribution is -2.15. The summed E-state index contributed by atoms with van der Waals surface area (Å²) in [7, 11) is 4.75. The van der Waals surface area contributed by atoms with Crippen LogP contribution < -0.4 is 56.3 Å². The lowest BCUT2D eigenvalue weighted by Gasteiger charge is -2.20. The Morgan fingerprint density at radius 1 is 0.266 bits per heavy atom. The maximum atomic E-state index is 13.2. The van der Waals surface area contributed by atoms with Gasteiger partial charge >= 0.3 is 0 Å². The molecule has 0 amide bonds. The smallest absolute Gasteiger partial charge is 0.202 e. The molecule has 0 saturated carbocycles. The second-order valence-corrected chi connectivity index (χ2v) is 33.1. The molecule has 13 heterocycles. The number of aromatic nitrogens is 6. The number of phenolic OH excluding ortho intramolecular Hbond substituents is 4. The maximum Gasteiger partial charge on any atom is 0.202 e. The van der Waals surface area contributed by atoms with Crippen molar-refractivity contribution in [3.05, 3.63) is 408 Å². The first-order valence-corrected chi connectivity index (χ1v) is 44.9. The molecule has 25 rings (SSSR count). The van der Waals surface area contributed by atoms with E-state index in [1.54, 1.807) is 168 Å². The van der Waals surface area contributed by atoms with Gasteiger partial charge in [0.25, 0.3) is 0 Å². The molecule has 1 aliphatic heterocycles. The number of hydrogen-bond donors (Lipinski definition) is 4. The first-order valence-electron chi connectivity index (χ1n) is 44.9. The van der Waals surface area contributed by atoms with Crippen molar-refractivity contribution in [3.63, 3.8) is 0 Å². The van der Waals surface area contributed by atoms with Gasteiger partial charge in [-0.05, 0) is 234 Å². The normalized spacial score (nSPS) is 11.5. The number of nitrogens with zero attached hydrogens (tertiary/aromatic N) is 6. The molecule has 700 valence electrons. The van der Waals surface area contributed by atoms with Crippen LogP contribution in [0.2, 0.25) is 0 Å². The van der Waals surface area contributed by atoms with Crippen molar-refractivity contribution in [2.45, 2.75) is 20.8 Å². The van der Waals surface area contributed by atoms with Crippen molar-refractivity contribution in [1.82, 2.24) is 29.9 Å². The van der Waals surface area contributed by atoms with Crippen molar-refractivity contribution in [2.75, 3.05) is 34.5 Å². The molecular formula is C116H80N6O21. The van der Waals surface area contributed by atoms with E-state index in [1.807, 2.05) is 140 Å². The summed E-state index contributed by atoms with van der Waals surface area (Å²) in [6.07, 6.45) is 18.5. The van der Waals surface area contributed by atoms with E-state index in [0.717, 1.165) is 49.0 Å². The summed E-state index contributed by atoms with van der Waals surface area (Å²) in [5.41, 5.74) is 11.2. The van der Waals surface area contributed by atoms with Gasteiger partial charge in [-0.3, -0.25) is 58.7 Å². The number of hydrogen-bond acceptors (Lipinski definition) is 27. The Kier molecular flexibility index (Phi) is 24.9. The predicted octanol–water partition coefficient (Wildman–Crippen LogP) is 23.6. The summed E-state index contributed by atoms with van der Waals surface area (Å²) in [6, 6.07) is 75.3. The van der Waals surface area contributed by atoms with Crippen LogP contribution in [0.4, 0.5) is 0 Å². The van der Waals surface area contributed by atoms with Crippen LogP contribution in [0.3, 0.4) is 0 Å². The van der Waals surface area contributed by atoms with Crippen LogP contribution in [0.1, 0.15) is 16.7 Å². The summed E-state index contributed by atoms with van der Waals surface area (Å²) in [6.45, 7) is 7.15. The van der Waals surface area contributed by atoms with E-state index >= 15 is 0 Å². The first-order chi connectivity index (χ1) is 69.7. The minimum absolute atomic E-state index is 0.0428. The molecule has 27 heteroatoms. The number of ether oxygens (including phenoxy) is 5. The maximum absolute atomic E-state index is 13.2. The molecule has 4 N–H and O–H groups in total. The average Bonchev–Trinajstić information content (AvgIpc) is 0.739. The lowest BCUT2D eigenvalue weighted by atomic mass is 9.97. The molecular weight excluding hydrogens is 1810 g/mol. The highest BCUT2D eigenvalue weighted by atomic mass is 16.6. The fourth-order valence-corrected chi connectivity index (χ4v) is 17.7. The summed E-state index contributed by atoms with van der Waals surface area (Å²) < 4.78 is 61.7. The second kappa shape index (κ2) is 39.0. The molecule has 0 aliphatic carbocycles. The van der Waals surface area contributed by atoms with Gasteiger partial charge in [0.15, 0.2) is 46.0 Å². The standard InChI is InChI=1S/C20H13NO4.C20H15NO4.C20H15NO3.C20H15NO2.2C18H11NO4/c22-19-14(15-3-1-2-8-21-15)11-25-16-6-5-13-12(18(16)19)4-7-17-20(13)24-10-9-23-17;1-23-16-9-7-12-6-8-15-18(17(12)20(16)24-2)19(22)13(11-25-15)14-5-3-4-10-21-14;1-12-9-13-6-7-17-19(14(13)10-18(12)23-2)20(22)15(11-24-17)16-5-3-4-8-21-16;1-12-6-7-15-14(13(12)2)8-9-18-19(15)20(22)16(11-23-18)17-5-3-4-10-21-17;20-14-6-4-10-11(17(14)21)5-7-15-16(10)18(22)12(9-23-15)13-3-1-2-8-19-13;20-13-6-4-10-5-7-14-16(15(10)18(13)22)17(21)11(9-23-14)12-3-1-2-8-19-12/h1-8,11H,9-10H2;3-11H,1-2H3;3-11H,1-2H3;3-11H,1-2H3;1-9,20-21H;1-9,20,22H. The molecule has 0 spiro atoms. The highest BCUT2D eigenvalue weighted by molar-refractivity contribution is 6.15. The number of aryl methyl sites for hydroxylation is 3. The fourth-order valence-electron chi connectivity index (χ4n) is 17.7. The van der Waals surface area contributed by atoms with Crippen LogP contribution in [0.25, 0.3) is 198 Å². The summed E-state index contributed by atoms with van der Waals surface area (Å²) in [5.74, 6) is 2.08. The van der Waals surface area contributed by atoms with Gasteiger partial charge in [0.1, 0.15) is 90.0 Å². The molecule has 0 saturated heterocycles. The minimum atomic E-state index is -0.335. The van der Waals surface area contributed by atoms with Gasteiger partial charge in [-0.2, -0.15) is 0 Å². The number of aromatic hydroxyl groups is 4. The highest BCUT2D eigenvalue weighted by Crippen LogP contribution is 2.45. The van der Waals surface area contributed by atoms with Gasteiger partial charge in [0.2, 0.25) is 32.6 Å². The topological polar surface area (TPSA) is 386 Å². The van der Waals surface area contributed by atoms with E-state index in [-0.39, 0.29) is 66.3 Å². The number of benzene rings is 12. The third-order valence-electron chi connectivity index (χ3n) is 24.9. The second-order valence-electron chi connectivity index (χ2n) is 33.1. The Morgan fingerprint density at radius 2 is 0.594 bits per heavy atom. The number of rotatable bonds is 9. The fraction of sp³-hybridized carbons (Fsp3) is 0.0690. The van der Waals surface area contributed by atoms with Crippen LogP contribution in [-0.2, 0) is 0 Å². The predicted molar refractivity (Wildman–Crippen MR) is 551 cm³/mol. The molecule has 0 fully saturated rings. The highest BCUT2D eigenvalue weighted by Gasteiger charge is 2.26. The van der Waals surface area contributed by atoms with Crippen LogP contribution in [0.15, 0.2) is 385 Å². The molecule has 12 aromatic carbocycles. The van der Waals surface area contributed by atoms with Crippen molar-refractivity contribution in [1.29, 1.82) is 0 Å². The summed E-state index contributed by atoms with van der Waals surface area (Å²) in [4.78, 5) is 104. The van der Waals surface area contributed by atoms with E-state index in [2.05, 4.69) is 43.8 Å². The molecule has 0 radical (unpaired) electrons. The number of pyridine rings is 6. The Morgan fingerprint density at radius 3 is 1.03 bits per heavy atom. The van der Waals surface area contributed by atoms with Crippen molar-refractivity contribution in [2.24, 2.45) is 0 Å². The molecule has 0 unspecified atom stereocenters. The van der Waals surface area contributed by atoms with Crippen LogP contribution in [0, 0.1) is 20.8 Å². The van der Waals surface area contributed by atoms with E-state index < -0.39 is 0 Å². The quantitative estimate of drug-likeness (QED) is 0.0770. The zero-order valence-corrected chi connectivity index (χ0v) is 77.0. The molecule has 27 nitrogen and oxygen atoms in total. The summed E-state index contributed by atoms with van der Waals surface area (Å²) in [5, 5.41) is 51.1. The molecule has 1 aliphatic rings. The zero-order chi connectivity index (χ0) is 98.8. The van der Waals surface area contributed by atoms with E-state index in [4.69, 9.17) is 50.2 Å². The van der Waals surface area contributed by atoms with Gasteiger partial charge in [0.05, 0.1) is 121 Å². The zero-order valence-electron chi connectivity index (χ0n) is 77.0. The van der Waals surface area contributed by atoms with Crippen LogP contribution in [0.5, 0.6) is 51.7 Å². The van der Waals surface area contributed by atoms with Crippen molar-refractivity contribution >= 4 is 130 Å². The largest absolute Gasteiger partial charge is 0.504 e. The lowest BCUT2D eigenvalue weighted by molar-refractivity contribution is 0.174. The Balaban J connectivity index is 0.000000105. The van der Waals surface area contributed by atoms with Crippen LogP contribution >= 0.6 is 0 Å². The Bertz CT molecular complexity index is 9370. The van der Waals surface area contributed by atoms with E-state index in [9.17, 15) is 49.2 Å². The van der Waals surface area contributed by atoms with Gasteiger partial charge < -0.3 is 70.6 Å². The van der Waals surface area contributed by atoms with Gasteiger partial charge in [-0.25, -0.2) is 0 Å². The summed E-state index contributed by atoms with van der Waals surface area (Å²) >= 11 is 0. The van der Waals surface area contributed by atoms with Gasteiger partial charge in [0, 0.05) is 74.9 Å². The Hall–Kier alpha value is -19.4. The number of fused-ring (bicyclic) bond motifs is 20. The molecule has 143 heavy (non-hydrogen) atoms. The molecule has 0 atom stereocenters. The van der Waals surface area contributed by atoms with Crippen LogP contribution in [-0.4, -0.2) is 84.9 Å². The SMILES string of the molecule is COc1cc2c(ccc3occ(-c4ccccn4)c(=O)c32)cc1C.COc1ccc2ccc3occ(-c4ccccn4)c(=O)c3c2c1OC.Cc1ccc2c(ccc3occ(-c4ccccn4)c(=O)c32)c1C.O=c1c(-c2ccccn2)coc2ccc3c(O)c(O)ccc3c12.O=c1c(-c2ccccn2)coc2ccc3c4c(ccc3c12)OCCO4.O=c1c(-c2ccccn2)coc2ccc3ccc(O)c(O)c3c12. The first kappa shape index (κ1) is 91.3. The number of phenols is 4. The van der Waals surface area contributed by atoms with Gasteiger partial charge in [-0.15, -0.1) is 0 Å².